The van der Waals surface area contributed by atoms with Crippen molar-refractivity contribution in [3.8, 4) is 0 Å². The Labute approximate surface area is 114 Å². The molecule has 2 N–H and O–H groups in total. The summed E-state index contributed by atoms with van der Waals surface area (Å²) in [5.74, 6) is 0.653. The van der Waals surface area contributed by atoms with Crippen molar-refractivity contribution in [2.24, 2.45) is 0 Å². The maximum absolute atomic E-state index is 11.7. The van der Waals surface area contributed by atoms with E-state index >= 15 is 0 Å². The number of aliphatic hydroxyl groups excluding tert-OH is 1. The summed E-state index contributed by atoms with van der Waals surface area (Å²) in [6.07, 6.45) is 3.11. The molecule has 1 heterocycles. The van der Waals surface area contributed by atoms with Gasteiger partial charge in [0.05, 0.1) is 5.56 Å². The minimum atomic E-state index is -0.186. The van der Waals surface area contributed by atoms with Crippen LogP contribution in [0.25, 0.3) is 0 Å². The number of pyridine rings is 1. The summed E-state index contributed by atoms with van der Waals surface area (Å²) in [6, 6.07) is 3.55. The summed E-state index contributed by atoms with van der Waals surface area (Å²) < 4.78 is 0. The number of amides is 1. The summed E-state index contributed by atoms with van der Waals surface area (Å²) >= 11 is 0. The molecule has 0 aromatic carbocycles. The van der Waals surface area contributed by atoms with Gasteiger partial charge in [-0.05, 0) is 31.9 Å². The Morgan fingerprint density at radius 3 is 2.58 bits per heavy atom. The van der Waals surface area contributed by atoms with Crippen molar-refractivity contribution < 1.29 is 9.90 Å². The maximum atomic E-state index is 11.7. The number of rotatable bonds is 6. The van der Waals surface area contributed by atoms with Crippen LogP contribution >= 0.6 is 0 Å². The normalized spacial score (nSPS) is 13.7. The van der Waals surface area contributed by atoms with Crippen molar-refractivity contribution in [1.82, 2.24) is 9.88 Å². The fourth-order valence-electron chi connectivity index (χ4n) is 1.74. The molecule has 0 saturated heterocycles. The van der Waals surface area contributed by atoms with E-state index < -0.39 is 0 Å². The first-order chi connectivity index (χ1) is 8.91. The third-order valence-corrected chi connectivity index (χ3v) is 3.29. The molecule has 0 saturated carbocycles. The van der Waals surface area contributed by atoms with E-state index in [0.717, 1.165) is 6.42 Å². The molecule has 5 nitrogen and oxygen atoms in total. The third kappa shape index (κ3) is 4.21. The molecule has 0 radical (unpaired) electrons. The lowest BCUT2D eigenvalue weighted by Crippen LogP contribution is -2.35. The van der Waals surface area contributed by atoms with Gasteiger partial charge in [0.15, 0.2) is 0 Å². The Morgan fingerprint density at radius 1 is 1.47 bits per heavy atom. The predicted molar refractivity (Wildman–Crippen MR) is 76.3 cm³/mol. The van der Waals surface area contributed by atoms with Crippen molar-refractivity contribution >= 4 is 11.7 Å². The van der Waals surface area contributed by atoms with E-state index in [-0.39, 0.29) is 18.1 Å². The molecule has 0 spiro atoms. The minimum Gasteiger partial charge on any atom is -0.396 e. The van der Waals surface area contributed by atoms with Crippen LogP contribution in [0.2, 0.25) is 0 Å². The standard InChI is InChI=1S/C14H23N3O2/c1-5-14(2,8-9-18)16-12-7-6-11(10-15-12)13(19)17(3)4/h6-7,10,18H,5,8-9H2,1-4H3,(H,15,16). The van der Waals surface area contributed by atoms with Crippen LogP contribution in [0.5, 0.6) is 0 Å². The largest absolute Gasteiger partial charge is 0.396 e. The molecule has 19 heavy (non-hydrogen) atoms. The quantitative estimate of drug-likeness (QED) is 0.822. The van der Waals surface area contributed by atoms with Gasteiger partial charge in [0.2, 0.25) is 0 Å². The van der Waals surface area contributed by atoms with Crippen molar-refractivity contribution in [1.29, 1.82) is 0 Å². The Morgan fingerprint density at radius 2 is 2.16 bits per heavy atom. The predicted octanol–water partition coefficient (Wildman–Crippen LogP) is 1.75. The summed E-state index contributed by atoms with van der Waals surface area (Å²) in [6.45, 7) is 4.24. The van der Waals surface area contributed by atoms with Crippen LogP contribution in [0.3, 0.4) is 0 Å². The molecule has 0 aliphatic rings. The van der Waals surface area contributed by atoms with Crippen LogP contribution in [-0.2, 0) is 0 Å². The second-order valence-electron chi connectivity index (χ2n) is 5.14. The lowest BCUT2D eigenvalue weighted by Gasteiger charge is -2.29. The monoisotopic (exact) mass is 265 g/mol. The number of nitrogens with one attached hydrogen (secondary N) is 1. The van der Waals surface area contributed by atoms with Crippen LogP contribution in [0.4, 0.5) is 5.82 Å². The van der Waals surface area contributed by atoms with E-state index in [9.17, 15) is 4.79 Å². The number of hydrogen-bond donors (Lipinski definition) is 2. The first-order valence-electron chi connectivity index (χ1n) is 6.48. The third-order valence-electron chi connectivity index (χ3n) is 3.29. The fourth-order valence-corrected chi connectivity index (χ4v) is 1.74. The molecule has 1 aromatic rings. The lowest BCUT2D eigenvalue weighted by molar-refractivity contribution is 0.0827. The van der Waals surface area contributed by atoms with E-state index in [1.54, 1.807) is 32.4 Å². The first kappa shape index (κ1) is 15.4. The Kier molecular flexibility index (Phi) is 5.30. The molecule has 1 aromatic heterocycles. The van der Waals surface area contributed by atoms with E-state index in [1.807, 2.05) is 6.92 Å². The van der Waals surface area contributed by atoms with Gasteiger partial charge in [-0.3, -0.25) is 4.79 Å². The maximum Gasteiger partial charge on any atom is 0.254 e. The van der Waals surface area contributed by atoms with Gasteiger partial charge in [-0.25, -0.2) is 4.98 Å². The highest BCUT2D eigenvalue weighted by atomic mass is 16.3. The van der Waals surface area contributed by atoms with Crippen LogP contribution in [0, 0.1) is 0 Å². The summed E-state index contributed by atoms with van der Waals surface area (Å²) in [7, 11) is 3.42. The molecular weight excluding hydrogens is 242 g/mol. The van der Waals surface area contributed by atoms with Crippen LogP contribution < -0.4 is 5.32 Å². The number of anilines is 1. The van der Waals surface area contributed by atoms with Gasteiger partial charge in [-0.15, -0.1) is 0 Å². The van der Waals surface area contributed by atoms with E-state index in [1.165, 1.54) is 4.90 Å². The number of nitrogens with zero attached hydrogens (tertiary/aromatic N) is 2. The molecule has 0 aliphatic carbocycles. The molecule has 0 fully saturated rings. The van der Waals surface area contributed by atoms with Crippen molar-refractivity contribution in [2.75, 3.05) is 26.0 Å². The average Bonchev–Trinajstić information content (AvgIpc) is 2.39. The smallest absolute Gasteiger partial charge is 0.254 e. The number of carbonyl (C=O) groups is 1. The lowest BCUT2D eigenvalue weighted by atomic mass is 9.95. The van der Waals surface area contributed by atoms with Crippen molar-refractivity contribution in [2.45, 2.75) is 32.2 Å². The number of carbonyl (C=O) groups excluding carboxylic acids is 1. The minimum absolute atomic E-state index is 0.0624. The molecule has 0 aliphatic heterocycles. The second-order valence-corrected chi connectivity index (χ2v) is 5.14. The number of aliphatic hydroxyl groups is 1. The summed E-state index contributed by atoms with van der Waals surface area (Å²) in [4.78, 5) is 17.5. The first-order valence-corrected chi connectivity index (χ1v) is 6.48. The summed E-state index contributed by atoms with van der Waals surface area (Å²) in [5.41, 5.74) is 0.380. The molecule has 5 heteroatoms. The topological polar surface area (TPSA) is 65.5 Å². The van der Waals surface area contributed by atoms with E-state index in [0.29, 0.717) is 17.8 Å². The summed E-state index contributed by atoms with van der Waals surface area (Å²) in [5, 5.41) is 12.4. The Bertz CT molecular complexity index is 417. The number of aromatic nitrogens is 1. The van der Waals surface area contributed by atoms with Crippen LogP contribution in [0.15, 0.2) is 18.3 Å². The van der Waals surface area contributed by atoms with Crippen molar-refractivity contribution in [3.05, 3.63) is 23.9 Å². The highest BCUT2D eigenvalue weighted by Crippen LogP contribution is 2.20. The van der Waals surface area contributed by atoms with Gasteiger partial charge in [-0.2, -0.15) is 0 Å². The molecule has 1 amide bonds. The van der Waals surface area contributed by atoms with Gasteiger partial charge in [-0.1, -0.05) is 6.92 Å². The van der Waals surface area contributed by atoms with Gasteiger partial charge in [0.1, 0.15) is 5.82 Å². The highest BCUT2D eigenvalue weighted by molar-refractivity contribution is 5.93. The SMILES string of the molecule is CCC(C)(CCO)Nc1ccc(C(=O)N(C)C)cn1. The van der Waals surface area contributed by atoms with E-state index in [2.05, 4.69) is 17.2 Å². The van der Waals surface area contributed by atoms with Gasteiger partial charge < -0.3 is 15.3 Å². The molecule has 1 rings (SSSR count). The van der Waals surface area contributed by atoms with Crippen LogP contribution in [0.1, 0.15) is 37.0 Å². The highest BCUT2D eigenvalue weighted by Gasteiger charge is 2.21. The average molecular weight is 265 g/mol. The number of hydrogen-bond acceptors (Lipinski definition) is 4. The fraction of sp³-hybridized carbons (Fsp3) is 0.571. The molecule has 1 atom stereocenters. The van der Waals surface area contributed by atoms with E-state index in [4.69, 9.17) is 5.11 Å². The molecule has 0 bridgehead atoms. The van der Waals surface area contributed by atoms with Crippen LogP contribution in [-0.4, -0.2) is 47.1 Å². The molecular formula is C14H23N3O2. The zero-order chi connectivity index (χ0) is 14.5. The van der Waals surface area contributed by atoms with Gasteiger partial charge in [0.25, 0.3) is 5.91 Å². The molecule has 106 valence electrons. The Balaban J connectivity index is 2.79. The Hall–Kier alpha value is -1.62. The molecule has 1 unspecified atom stereocenters. The van der Waals surface area contributed by atoms with Gasteiger partial charge in [0, 0.05) is 32.4 Å². The zero-order valence-electron chi connectivity index (χ0n) is 12.1. The van der Waals surface area contributed by atoms with Crippen molar-refractivity contribution in [3.63, 3.8) is 0 Å². The van der Waals surface area contributed by atoms with Gasteiger partial charge >= 0.3 is 0 Å². The second kappa shape index (κ2) is 6.52. The zero-order valence-corrected chi connectivity index (χ0v) is 12.1.